The highest BCUT2D eigenvalue weighted by atomic mass is 32.1. The van der Waals surface area contributed by atoms with Crippen LogP contribution in [0.15, 0.2) is 20.1 Å². The van der Waals surface area contributed by atoms with Crippen molar-refractivity contribution in [2.75, 3.05) is 7.11 Å². The molecule has 2 aliphatic carbocycles. The number of ketones is 1. The SMILES string of the molecule is C.C.CC(=O)O.COC(=O)CC(=O)CCCC1CC1.O=C1CC(=O)NC(=S)N1.O=c1cc(CCCC2CC2)c2c(=O)[nH]c(=S)[nH]c2o1. The minimum Gasteiger partial charge on any atom is -0.481 e. The molecular weight excluding hydrogens is 652 g/mol. The Hall–Kier alpha value is -4.05. The molecule has 1 saturated heterocycles. The Balaban J connectivity index is 0.000000662. The molecule has 14 nitrogen and oxygen atoms in total. The number of fused-ring (bicyclic) bond motifs is 1. The number of methoxy groups -OCH3 is 1. The number of ether oxygens (including phenoxy) is 1. The van der Waals surface area contributed by atoms with Gasteiger partial charge in [0.1, 0.15) is 24.0 Å². The first-order valence-electron chi connectivity index (χ1n) is 14.5. The van der Waals surface area contributed by atoms with Crippen LogP contribution in [0, 0.1) is 16.6 Å². The molecule has 3 heterocycles. The number of carbonyl (C=O) groups is 5. The van der Waals surface area contributed by atoms with Gasteiger partial charge in [-0.1, -0.05) is 53.4 Å². The number of aliphatic carboxylic acids is 1. The van der Waals surface area contributed by atoms with E-state index in [0.29, 0.717) is 18.2 Å². The maximum atomic E-state index is 11.9. The molecule has 3 aliphatic rings. The highest BCUT2D eigenvalue weighted by Crippen LogP contribution is 2.34. The van der Waals surface area contributed by atoms with Gasteiger partial charge in [-0.15, -0.1) is 0 Å². The molecule has 2 aromatic heterocycles. The van der Waals surface area contributed by atoms with Gasteiger partial charge in [-0.05, 0) is 61.1 Å². The molecule has 0 bridgehead atoms. The van der Waals surface area contributed by atoms with Gasteiger partial charge in [0.05, 0.1) is 7.11 Å². The van der Waals surface area contributed by atoms with Crippen LogP contribution >= 0.6 is 24.4 Å². The van der Waals surface area contributed by atoms with Crippen molar-refractivity contribution < 1.29 is 38.2 Å². The quantitative estimate of drug-likeness (QED) is 0.134. The van der Waals surface area contributed by atoms with Gasteiger partial charge in [0.25, 0.3) is 11.5 Å². The van der Waals surface area contributed by atoms with Gasteiger partial charge < -0.3 is 29.9 Å². The first kappa shape index (κ1) is 43.0. The van der Waals surface area contributed by atoms with E-state index in [1.807, 2.05) is 0 Å². The molecule has 5 rings (SSSR count). The Morgan fingerprint density at radius 2 is 1.47 bits per heavy atom. The third kappa shape index (κ3) is 18.6. The molecular formula is C31H46N4O10S2. The third-order valence-electron chi connectivity index (χ3n) is 6.64. The summed E-state index contributed by atoms with van der Waals surface area (Å²) in [6.45, 7) is 1.08. The normalized spacial score (nSPS) is 14.5. The predicted molar refractivity (Wildman–Crippen MR) is 182 cm³/mol. The number of amides is 2. The second-order valence-corrected chi connectivity index (χ2v) is 11.6. The fraction of sp³-hybridized carbons (Fsp3) is 0.581. The number of esters is 1. The molecule has 0 unspecified atom stereocenters. The van der Waals surface area contributed by atoms with Gasteiger partial charge in [0.15, 0.2) is 9.88 Å². The fourth-order valence-electron chi connectivity index (χ4n) is 4.20. The second-order valence-electron chi connectivity index (χ2n) is 10.8. The molecule has 0 radical (unpaired) electrons. The zero-order valence-corrected chi connectivity index (χ0v) is 26.8. The molecule has 2 saturated carbocycles. The van der Waals surface area contributed by atoms with E-state index in [1.165, 1.54) is 38.9 Å². The van der Waals surface area contributed by atoms with Gasteiger partial charge in [0, 0.05) is 19.4 Å². The van der Waals surface area contributed by atoms with E-state index < -0.39 is 17.6 Å². The number of nitrogens with one attached hydrogen (secondary N) is 4. The first-order chi connectivity index (χ1) is 21.3. The number of carboxylic acid groups (broad SMARTS) is 1. The molecule has 2 amide bonds. The van der Waals surface area contributed by atoms with E-state index >= 15 is 0 Å². The molecule has 47 heavy (non-hydrogen) atoms. The summed E-state index contributed by atoms with van der Waals surface area (Å²) in [7, 11) is 1.31. The maximum absolute atomic E-state index is 11.9. The summed E-state index contributed by atoms with van der Waals surface area (Å²) in [6, 6.07) is 1.40. The summed E-state index contributed by atoms with van der Waals surface area (Å²) >= 11 is 9.37. The Kier molecular flexibility index (Phi) is 19.8. The van der Waals surface area contributed by atoms with Crippen molar-refractivity contribution in [1.29, 1.82) is 0 Å². The maximum Gasteiger partial charge on any atom is 0.337 e. The van der Waals surface area contributed by atoms with Crippen molar-refractivity contribution in [1.82, 2.24) is 20.6 Å². The third-order valence-corrected chi connectivity index (χ3v) is 7.05. The Morgan fingerprint density at radius 1 is 0.936 bits per heavy atom. The summed E-state index contributed by atoms with van der Waals surface area (Å²) in [6.07, 6.45) is 10.6. The largest absolute Gasteiger partial charge is 0.481 e. The van der Waals surface area contributed by atoms with Crippen LogP contribution in [0.3, 0.4) is 0 Å². The summed E-state index contributed by atoms with van der Waals surface area (Å²) in [4.78, 5) is 80.3. The van der Waals surface area contributed by atoms with Crippen LogP contribution in [0.1, 0.15) is 98.0 Å². The minimum atomic E-state index is -0.833. The van der Waals surface area contributed by atoms with E-state index in [1.54, 1.807) is 0 Å². The van der Waals surface area contributed by atoms with Gasteiger partial charge >= 0.3 is 11.6 Å². The number of hydrogen-bond acceptors (Lipinski definition) is 11. The van der Waals surface area contributed by atoms with Gasteiger partial charge in [-0.3, -0.25) is 33.8 Å². The highest BCUT2D eigenvalue weighted by molar-refractivity contribution is 7.80. The number of rotatable bonds is 10. The lowest BCUT2D eigenvalue weighted by atomic mass is 10.1. The zero-order valence-electron chi connectivity index (χ0n) is 25.2. The molecule has 0 aromatic carbocycles. The van der Waals surface area contributed by atoms with E-state index in [9.17, 15) is 28.8 Å². The number of hydrogen-bond donors (Lipinski definition) is 5. The van der Waals surface area contributed by atoms with E-state index in [2.05, 4.69) is 37.6 Å². The number of aromatic nitrogens is 2. The molecule has 3 fully saturated rings. The van der Waals surface area contributed by atoms with Crippen molar-refractivity contribution >= 4 is 70.2 Å². The van der Waals surface area contributed by atoms with Crippen LogP contribution in [0.5, 0.6) is 0 Å². The van der Waals surface area contributed by atoms with E-state index in [-0.39, 0.29) is 66.4 Å². The van der Waals surface area contributed by atoms with Crippen LogP contribution in [0.2, 0.25) is 0 Å². The van der Waals surface area contributed by atoms with E-state index in [4.69, 9.17) is 26.5 Å². The summed E-state index contributed by atoms with van der Waals surface area (Å²) in [5, 5.41) is 12.5. The van der Waals surface area contributed by atoms with Crippen LogP contribution in [-0.2, 0) is 35.1 Å². The van der Waals surface area contributed by atoms with Gasteiger partial charge in [-0.25, -0.2) is 4.79 Å². The Morgan fingerprint density at radius 3 is 1.96 bits per heavy atom. The molecule has 2 aromatic rings. The van der Waals surface area contributed by atoms with Crippen molar-refractivity contribution in [2.45, 2.75) is 98.8 Å². The predicted octanol–water partition coefficient (Wildman–Crippen LogP) is 4.24. The summed E-state index contributed by atoms with van der Waals surface area (Å²) < 4.78 is 9.57. The standard InChI is InChI=1S/C13H14N2O3S.C10H16O3.C4H4N2O2S.C2H4O2.2CH4/c16-9-6-8(3-1-2-7-4-5-7)10-11(17)14-13(19)15-12(10)18-9;1-13-10(12)7-9(11)4-2-3-8-5-6-8;7-2-1-3(8)6-4(9)5-2;1-2(3)4;;/h6-7H,1-5H2,(H2,14,15,17,19);8H,2-7H2,1H3;1H2,(H2,5,6,7,8,9);1H3,(H,3,4);2*1H4. The summed E-state index contributed by atoms with van der Waals surface area (Å²) in [5.74, 6) is -0.224. The van der Waals surface area contributed by atoms with Crippen molar-refractivity contribution in [3.63, 3.8) is 0 Å². The average molecular weight is 699 g/mol. The van der Waals surface area contributed by atoms with Gasteiger partial charge in [0.2, 0.25) is 17.5 Å². The molecule has 262 valence electrons. The topological polar surface area (TPSA) is 218 Å². The lowest BCUT2D eigenvalue weighted by Crippen LogP contribution is -2.49. The van der Waals surface area contributed by atoms with Crippen LogP contribution < -0.4 is 21.8 Å². The Bertz CT molecular complexity index is 1520. The monoisotopic (exact) mass is 698 g/mol. The lowest BCUT2D eigenvalue weighted by Gasteiger charge is -2.12. The molecule has 0 spiro atoms. The lowest BCUT2D eigenvalue weighted by molar-refractivity contribution is -0.143. The van der Waals surface area contributed by atoms with Crippen molar-refractivity contribution in [3.8, 4) is 0 Å². The second kappa shape index (κ2) is 21.7. The zero-order chi connectivity index (χ0) is 33.5. The van der Waals surface area contributed by atoms with Gasteiger partial charge in [-0.2, -0.15) is 0 Å². The number of aromatic amines is 2. The molecule has 5 N–H and O–H groups in total. The minimum absolute atomic E-state index is 0. The number of H-pyrrole nitrogens is 2. The number of Topliss-reactive ketones (excluding diaryl/α,β-unsaturated/α-hetero) is 1. The number of carbonyl (C=O) groups excluding carboxylic acids is 4. The smallest absolute Gasteiger partial charge is 0.337 e. The number of aryl methyl sites for hydroxylation is 1. The van der Waals surface area contributed by atoms with Crippen LogP contribution in [0.4, 0.5) is 0 Å². The summed E-state index contributed by atoms with van der Waals surface area (Å²) in [5.41, 5.74) is 0.149. The molecule has 0 atom stereocenters. The van der Waals surface area contributed by atoms with Crippen LogP contribution in [-0.4, -0.2) is 56.8 Å². The Labute approximate surface area is 283 Å². The average Bonchev–Trinajstić information content (AvgIpc) is 3.84. The number of thiocarbonyl (C=S) groups is 1. The van der Waals surface area contributed by atoms with Crippen molar-refractivity contribution in [2.24, 2.45) is 11.8 Å². The number of carboxylic acids is 1. The van der Waals surface area contributed by atoms with Crippen LogP contribution in [0.25, 0.3) is 11.1 Å². The first-order valence-corrected chi connectivity index (χ1v) is 15.3. The van der Waals surface area contributed by atoms with E-state index in [0.717, 1.165) is 50.0 Å². The molecule has 1 aliphatic heterocycles. The highest BCUT2D eigenvalue weighted by Gasteiger charge is 2.22. The fourth-order valence-corrected chi connectivity index (χ4v) is 4.61. The molecule has 16 heteroatoms. The van der Waals surface area contributed by atoms with Crippen molar-refractivity contribution in [3.05, 3.63) is 37.2 Å².